The number of pyridine rings is 1. The van der Waals surface area contributed by atoms with Gasteiger partial charge in [0.2, 0.25) is 5.91 Å². The first-order valence-electron chi connectivity index (χ1n) is 6.56. The summed E-state index contributed by atoms with van der Waals surface area (Å²) in [6.45, 7) is 3.51. The lowest BCUT2D eigenvalue weighted by molar-refractivity contribution is -0.117. The lowest BCUT2D eigenvalue weighted by atomic mass is 10.3. The summed E-state index contributed by atoms with van der Waals surface area (Å²) in [6, 6.07) is 3.60. The van der Waals surface area contributed by atoms with Gasteiger partial charge in [0.15, 0.2) is 0 Å². The first-order chi connectivity index (χ1) is 9.63. The van der Waals surface area contributed by atoms with Gasteiger partial charge in [-0.05, 0) is 35.1 Å². The number of halogens is 1. The second-order valence-corrected chi connectivity index (χ2v) is 5.72. The van der Waals surface area contributed by atoms with Crippen LogP contribution in [-0.2, 0) is 9.53 Å². The fourth-order valence-corrected chi connectivity index (χ4v) is 2.26. The fraction of sp³-hybridized carbons (Fsp3) is 0.538. The molecule has 110 valence electrons. The van der Waals surface area contributed by atoms with Crippen LogP contribution >= 0.6 is 15.9 Å². The molecule has 0 aliphatic carbocycles. The van der Waals surface area contributed by atoms with Crippen molar-refractivity contribution in [2.24, 2.45) is 0 Å². The molecular formula is C13H19BrN4O2. The topological polar surface area (TPSA) is 66.5 Å². The van der Waals surface area contributed by atoms with Crippen LogP contribution in [0.1, 0.15) is 0 Å². The molecule has 6 nitrogen and oxygen atoms in total. The third kappa shape index (κ3) is 5.16. The second-order valence-electron chi connectivity index (χ2n) is 4.80. The summed E-state index contributed by atoms with van der Waals surface area (Å²) in [4.78, 5) is 17.9. The lowest BCUT2D eigenvalue weighted by Crippen LogP contribution is -2.45. The van der Waals surface area contributed by atoms with Crippen molar-refractivity contribution in [2.75, 3.05) is 45.2 Å². The average molecular weight is 343 g/mol. The van der Waals surface area contributed by atoms with Gasteiger partial charge in [0.05, 0.1) is 19.3 Å². The zero-order valence-electron chi connectivity index (χ0n) is 11.4. The van der Waals surface area contributed by atoms with Gasteiger partial charge in [0.1, 0.15) is 5.82 Å². The zero-order valence-corrected chi connectivity index (χ0v) is 13.0. The predicted molar refractivity (Wildman–Crippen MR) is 80.7 cm³/mol. The van der Waals surface area contributed by atoms with Crippen LogP contribution in [0.15, 0.2) is 22.8 Å². The minimum atomic E-state index is -0.0777. The molecule has 1 atom stereocenters. The van der Waals surface area contributed by atoms with E-state index in [2.05, 4.69) is 31.5 Å². The number of hydrogen-bond acceptors (Lipinski definition) is 5. The highest BCUT2D eigenvalue weighted by Crippen LogP contribution is 2.10. The average Bonchev–Trinajstić information content (AvgIpc) is 2.42. The van der Waals surface area contributed by atoms with Crippen molar-refractivity contribution in [3.63, 3.8) is 0 Å². The number of carbonyl (C=O) groups excluding carboxylic acids is 1. The molecule has 1 aliphatic heterocycles. The quantitative estimate of drug-likeness (QED) is 0.824. The van der Waals surface area contributed by atoms with Crippen molar-refractivity contribution in [2.45, 2.75) is 6.10 Å². The highest BCUT2D eigenvalue weighted by molar-refractivity contribution is 9.10. The van der Waals surface area contributed by atoms with E-state index in [4.69, 9.17) is 4.74 Å². The van der Waals surface area contributed by atoms with Crippen molar-refractivity contribution in [1.29, 1.82) is 0 Å². The predicted octanol–water partition coefficient (Wildman–Crippen LogP) is 0.703. The van der Waals surface area contributed by atoms with Crippen LogP contribution in [-0.4, -0.2) is 61.7 Å². The molecule has 0 spiro atoms. The number of aromatic nitrogens is 1. The Balaban J connectivity index is 1.74. The molecule has 1 aromatic heterocycles. The van der Waals surface area contributed by atoms with Gasteiger partial charge in [0, 0.05) is 30.3 Å². The number of anilines is 1. The number of nitrogens with one attached hydrogen (secondary N) is 2. The Hall–Kier alpha value is -1.02. The van der Waals surface area contributed by atoms with Crippen LogP contribution in [0.25, 0.3) is 0 Å². The van der Waals surface area contributed by atoms with Crippen LogP contribution in [0.5, 0.6) is 0 Å². The van der Waals surface area contributed by atoms with Crippen molar-refractivity contribution in [1.82, 2.24) is 15.2 Å². The highest BCUT2D eigenvalue weighted by atomic mass is 79.9. The molecule has 2 N–H and O–H groups in total. The van der Waals surface area contributed by atoms with Gasteiger partial charge in [-0.2, -0.15) is 0 Å². The monoisotopic (exact) mass is 342 g/mol. The number of likely N-dealkylation sites (N-methyl/N-ethyl adjacent to an activating group) is 1. The summed E-state index contributed by atoms with van der Waals surface area (Å²) in [7, 11) is 1.91. The standard InChI is InChI=1S/C13H19BrN4O2/c1-18(8-11-7-15-4-5-20-11)9-13(19)17-12-3-2-10(14)6-16-12/h2-3,6,11,15H,4-5,7-9H2,1H3,(H,16,17,19). The third-order valence-corrected chi connectivity index (χ3v) is 3.40. The molecule has 2 heterocycles. The molecule has 0 saturated carbocycles. The molecule has 2 rings (SSSR count). The van der Waals surface area contributed by atoms with E-state index in [-0.39, 0.29) is 12.0 Å². The maximum absolute atomic E-state index is 11.9. The van der Waals surface area contributed by atoms with E-state index in [0.717, 1.165) is 30.7 Å². The van der Waals surface area contributed by atoms with Crippen LogP contribution in [0.2, 0.25) is 0 Å². The van der Waals surface area contributed by atoms with E-state index in [1.807, 2.05) is 18.0 Å². The van der Waals surface area contributed by atoms with Gasteiger partial charge in [-0.15, -0.1) is 0 Å². The van der Waals surface area contributed by atoms with Gasteiger partial charge in [-0.25, -0.2) is 4.98 Å². The van der Waals surface area contributed by atoms with Crippen LogP contribution < -0.4 is 10.6 Å². The summed E-state index contributed by atoms with van der Waals surface area (Å²) in [5.74, 6) is 0.480. The smallest absolute Gasteiger partial charge is 0.239 e. The fourth-order valence-electron chi connectivity index (χ4n) is 2.03. The number of morpholine rings is 1. The van der Waals surface area contributed by atoms with Gasteiger partial charge in [0.25, 0.3) is 0 Å². The molecule has 1 unspecified atom stereocenters. The number of amides is 1. The first-order valence-corrected chi connectivity index (χ1v) is 7.35. The van der Waals surface area contributed by atoms with Crippen LogP contribution in [0, 0.1) is 0 Å². The van der Waals surface area contributed by atoms with Gasteiger partial charge < -0.3 is 15.4 Å². The summed E-state index contributed by atoms with van der Waals surface area (Å²) >= 11 is 3.30. The van der Waals surface area contributed by atoms with Crippen molar-refractivity contribution >= 4 is 27.7 Å². The van der Waals surface area contributed by atoms with Crippen molar-refractivity contribution in [3.8, 4) is 0 Å². The van der Waals surface area contributed by atoms with Gasteiger partial charge in [-0.3, -0.25) is 9.69 Å². The van der Waals surface area contributed by atoms with E-state index >= 15 is 0 Å². The largest absolute Gasteiger partial charge is 0.374 e. The zero-order chi connectivity index (χ0) is 14.4. The van der Waals surface area contributed by atoms with E-state index in [1.165, 1.54) is 0 Å². The Morgan fingerprint density at radius 3 is 3.15 bits per heavy atom. The van der Waals surface area contributed by atoms with Crippen molar-refractivity contribution < 1.29 is 9.53 Å². The Labute approximate surface area is 127 Å². The number of ether oxygens (including phenoxy) is 1. The summed E-state index contributed by atoms with van der Waals surface area (Å²) in [5, 5.41) is 6.04. The molecule has 1 fully saturated rings. The second kappa shape index (κ2) is 7.68. The highest BCUT2D eigenvalue weighted by Gasteiger charge is 2.17. The maximum atomic E-state index is 11.9. The van der Waals surface area contributed by atoms with Crippen molar-refractivity contribution in [3.05, 3.63) is 22.8 Å². The Morgan fingerprint density at radius 1 is 1.65 bits per heavy atom. The first kappa shape index (κ1) is 15.4. The Kier molecular flexibility index (Phi) is 5.90. The lowest BCUT2D eigenvalue weighted by Gasteiger charge is -2.27. The van der Waals surface area contributed by atoms with Gasteiger partial charge >= 0.3 is 0 Å². The molecule has 1 aliphatic rings. The molecule has 0 radical (unpaired) electrons. The number of carbonyl (C=O) groups is 1. The molecule has 0 aromatic carbocycles. The minimum absolute atomic E-state index is 0.0777. The number of hydrogen-bond donors (Lipinski definition) is 2. The summed E-state index contributed by atoms with van der Waals surface area (Å²) < 4.78 is 6.49. The molecular weight excluding hydrogens is 324 g/mol. The summed E-state index contributed by atoms with van der Waals surface area (Å²) in [5.41, 5.74) is 0. The third-order valence-electron chi connectivity index (χ3n) is 2.93. The minimum Gasteiger partial charge on any atom is -0.374 e. The van der Waals surface area contributed by atoms with E-state index in [9.17, 15) is 4.79 Å². The molecule has 0 bridgehead atoms. The van der Waals surface area contributed by atoms with E-state index < -0.39 is 0 Å². The molecule has 1 saturated heterocycles. The van der Waals surface area contributed by atoms with Gasteiger partial charge in [-0.1, -0.05) is 0 Å². The normalized spacial score (nSPS) is 19.1. The SMILES string of the molecule is CN(CC(=O)Nc1ccc(Br)cn1)CC1CNCCO1. The molecule has 7 heteroatoms. The van der Waals surface area contributed by atoms with E-state index in [0.29, 0.717) is 12.4 Å². The van der Waals surface area contributed by atoms with Crippen LogP contribution in [0.4, 0.5) is 5.82 Å². The number of rotatable bonds is 5. The molecule has 1 amide bonds. The Morgan fingerprint density at radius 2 is 2.50 bits per heavy atom. The molecule has 20 heavy (non-hydrogen) atoms. The number of nitrogens with zero attached hydrogens (tertiary/aromatic N) is 2. The maximum Gasteiger partial charge on any atom is 0.239 e. The van der Waals surface area contributed by atoms with Crippen LogP contribution in [0.3, 0.4) is 0 Å². The summed E-state index contributed by atoms with van der Waals surface area (Å²) in [6.07, 6.45) is 1.80. The van der Waals surface area contributed by atoms with E-state index in [1.54, 1.807) is 12.3 Å². The Bertz CT molecular complexity index is 435. The molecule has 1 aromatic rings.